The summed E-state index contributed by atoms with van der Waals surface area (Å²) in [4.78, 5) is 11.1. The Morgan fingerprint density at radius 1 is 0.917 bits per heavy atom. The van der Waals surface area contributed by atoms with Gasteiger partial charge < -0.3 is 55.1 Å². The molecule has 1 amide bonds. The molecule has 0 radical (unpaired) electrons. The first-order valence-corrected chi connectivity index (χ1v) is 11.8. The first-order chi connectivity index (χ1) is 16.4. The zero-order valence-corrected chi connectivity index (χ0v) is 18.8. The van der Waals surface area contributed by atoms with Crippen molar-refractivity contribution in [3.8, 4) is 0 Å². The zero-order chi connectivity index (χ0) is 26.1. The predicted molar refractivity (Wildman–Crippen MR) is 117 cm³/mol. The van der Waals surface area contributed by atoms with Crippen LogP contribution >= 0.6 is 0 Å². The van der Waals surface area contributed by atoms with Gasteiger partial charge in [0, 0.05) is 0 Å². The average Bonchev–Trinajstić information content (AvgIpc) is 3.23. The summed E-state index contributed by atoms with van der Waals surface area (Å²) in [5.74, 6) is -2.77. The second-order valence-corrected chi connectivity index (χ2v) is 9.64. The maximum absolute atomic E-state index is 11.1. The molecule has 15 nitrogen and oxygen atoms in total. The summed E-state index contributed by atoms with van der Waals surface area (Å²) >= 11 is 0. The van der Waals surface area contributed by atoms with Crippen LogP contribution in [0.15, 0.2) is 29.2 Å². The van der Waals surface area contributed by atoms with E-state index in [-0.39, 0.29) is 40.0 Å². The quantitative estimate of drug-likeness (QED) is 0.155. The molecule has 36 heavy (non-hydrogen) atoms. The summed E-state index contributed by atoms with van der Waals surface area (Å²) in [7, 11) is -3.55. The van der Waals surface area contributed by atoms with E-state index >= 15 is 0 Å². The normalized spacial score (nSPS) is 38.8. The van der Waals surface area contributed by atoms with Gasteiger partial charge in [-0.1, -0.05) is 12.1 Å². The van der Waals surface area contributed by atoms with Crippen LogP contribution in [0.5, 0.6) is 0 Å². The van der Waals surface area contributed by atoms with Crippen molar-refractivity contribution in [1.82, 2.24) is 4.72 Å². The summed E-state index contributed by atoms with van der Waals surface area (Å²) in [6.45, 7) is -2.32. The fourth-order valence-corrected chi connectivity index (χ4v) is 4.92. The number of hydrogen-bond acceptors (Lipinski definition) is 14. The first-order valence-electron chi connectivity index (χ1n) is 10.3. The number of amides is 1. The molecule has 3 aliphatic rings. The molecule has 0 unspecified atom stereocenters. The van der Waals surface area contributed by atoms with Gasteiger partial charge in [-0.05, 0) is 12.1 Å². The number of nitrogens with one attached hydrogen (secondary N) is 1. The molecular weight excluding hydrogens is 521 g/mol. The van der Waals surface area contributed by atoms with Crippen LogP contribution in [0.3, 0.4) is 0 Å². The van der Waals surface area contributed by atoms with Crippen molar-refractivity contribution in [1.29, 1.82) is 0 Å². The van der Waals surface area contributed by atoms with E-state index < -0.39 is 90.6 Å². The van der Waals surface area contributed by atoms with Gasteiger partial charge in [-0.25, -0.2) is 13.1 Å². The third kappa shape index (κ3) is 5.93. The van der Waals surface area contributed by atoms with Crippen molar-refractivity contribution in [2.24, 2.45) is 0 Å². The number of carbonyl (C=O) groups excluding carboxylic acids is 1. The average molecular weight is 549 g/mol. The Labute approximate surface area is 227 Å². The molecule has 2 fully saturated rings. The van der Waals surface area contributed by atoms with Crippen LogP contribution in [0.2, 0.25) is 0 Å². The third-order valence-electron chi connectivity index (χ3n) is 5.72. The molecule has 2 saturated heterocycles. The molecule has 3 heterocycles. The number of aliphatic hydroxyl groups is 8. The van der Waals surface area contributed by atoms with E-state index in [0.29, 0.717) is 0 Å². The number of rotatable bonds is 5. The van der Waals surface area contributed by atoms with Crippen molar-refractivity contribution >= 4 is 45.5 Å². The number of carbonyl (C=O) groups is 1. The fourth-order valence-electron chi connectivity index (χ4n) is 3.75. The minimum absolute atomic E-state index is 0. The number of hydrogen-bond donors (Lipinski definition) is 9. The Morgan fingerprint density at radius 3 is 2.06 bits per heavy atom. The molecular formula is C19H28NNaO14S. The molecule has 0 aromatic heterocycles. The topological polar surface area (TPSA) is 253 Å². The van der Waals surface area contributed by atoms with Crippen LogP contribution in [-0.4, -0.2) is 159 Å². The van der Waals surface area contributed by atoms with Gasteiger partial charge in [-0.2, -0.15) is 0 Å². The van der Waals surface area contributed by atoms with Crippen LogP contribution in [-0.2, 0) is 24.2 Å². The molecule has 1 aromatic carbocycles. The number of ether oxygens (including phenoxy) is 3. The van der Waals surface area contributed by atoms with Crippen LogP contribution in [0.4, 0.5) is 0 Å². The van der Waals surface area contributed by atoms with Crippen molar-refractivity contribution < 1.29 is 68.3 Å². The first kappa shape index (κ1) is 31.4. The Bertz CT molecular complexity index is 1010. The predicted octanol–water partition coefficient (Wildman–Crippen LogP) is -5.93. The molecule has 200 valence electrons. The molecule has 3 aliphatic heterocycles. The third-order valence-corrected chi connectivity index (χ3v) is 7.11. The molecule has 0 bridgehead atoms. The van der Waals surface area contributed by atoms with Gasteiger partial charge in [0.15, 0.2) is 6.29 Å². The summed E-state index contributed by atoms with van der Waals surface area (Å²) in [5.41, 5.74) is 0.220. The van der Waals surface area contributed by atoms with Crippen molar-refractivity contribution in [3.63, 3.8) is 0 Å². The van der Waals surface area contributed by atoms with Crippen molar-refractivity contribution in [2.45, 2.75) is 59.7 Å². The molecule has 4 rings (SSSR count). The number of aliphatic hydroxyl groups excluding tert-OH is 8. The number of fused-ring (bicyclic) bond motifs is 1. The van der Waals surface area contributed by atoms with Gasteiger partial charge in [0.2, 0.25) is 5.79 Å². The monoisotopic (exact) mass is 549 g/mol. The van der Waals surface area contributed by atoms with Gasteiger partial charge in [0.05, 0.1) is 18.8 Å². The summed E-state index contributed by atoms with van der Waals surface area (Å²) in [6, 6.07) is 6.09. The molecule has 17 heteroatoms. The molecule has 9 N–H and O–H groups in total. The Kier molecular flexibility index (Phi) is 10.8. The molecule has 0 aliphatic carbocycles. The standard InChI is InChI=1S/C12H22O11.C7H5NO3S.Na.H/c13-1-4-6(16)8(18)9(19)11(21-4)23-12(3-15)10(20)7(17)5(2-14)22-12;9-7-5-3-1-2-4-6(5)12(10,11)8-7;;/h4-11,13-20H,1-3H2;1-4H,(H,8,9);;/t4-,5-,6-,7-,8+,9-,10+,11-,12+;;;/m1.../s1. The van der Waals surface area contributed by atoms with Crippen LogP contribution in [0.1, 0.15) is 10.4 Å². The zero-order valence-electron chi connectivity index (χ0n) is 18.0. The van der Waals surface area contributed by atoms with E-state index in [0.717, 1.165) is 0 Å². The maximum atomic E-state index is 11.1. The fraction of sp³-hybridized carbons (Fsp3) is 0.632. The van der Waals surface area contributed by atoms with E-state index in [1.807, 2.05) is 4.72 Å². The van der Waals surface area contributed by atoms with Gasteiger partial charge in [0.1, 0.15) is 54.2 Å². The number of benzene rings is 1. The van der Waals surface area contributed by atoms with Crippen LogP contribution in [0, 0.1) is 0 Å². The van der Waals surface area contributed by atoms with Crippen molar-refractivity contribution in [2.75, 3.05) is 19.8 Å². The Balaban J connectivity index is 0.000000294. The van der Waals surface area contributed by atoms with E-state index in [4.69, 9.17) is 24.4 Å². The SMILES string of the molecule is O=C1NS(=O)(=O)c2ccccc21.OC[C@H]1O[C@@](CO)(O[C@H]2O[C@H](CO)[C@@H](O)[C@H](O)[C@H]2O)[C@@H](O)[C@@H]1O.[NaH]. The summed E-state index contributed by atoms with van der Waals surface area (Å²) in [5, 5.41) is 76.7. The molecule has 0 saturated carbocycles. The van der Waals surface area contributed by atoms with Gasteiger partial charge >= 0.3 is 29.6 Å². The summed E-state index contributed by atoms with van der Waals surface area (Å²) < 4.78 is 39.6. The second-order valence-electron chi connectivity index (χ2n) is 7.99. The van der Waals surface area contributed by atoms with Gasteiger partial charge in [-0.15, -0.1) is 0 Å². The Hall–Kier alpha value is -0.800. The van der Waals surface area contributed by atoms with Crippen LogP contribution in [0.25, 0.3) is 0 Å². The minimum atomic E-state index is -3.55. The molecule has 9 atom stereocenters. The second kappa shape index (κ2) is 12.4. The van der Waals surface area contributed by atoms with E-state index in [1.165, 1.54) is 12.1 Å². The van der Waals surface area contributed by atoms with E-state index in [2.05, 4.69) is 0 Å². The molecule has 0 spiro atoms. The van der Waals surface area contributed by atoms with Crippen molar-refractivity contribution in [3.05, 3.63) is 29.8 Å². The van der Waals surface area contributed by atoms with Crippen LogP contribution < -0.4 is 4.72 Å². The van der Waals surface area contributed by atoms with E-state index in [1.54, 1.807) is 12.1 Å². The molecule has 1 aromatic rings. The number of sulfonamides is 1. The van der Waals surface area contributed by atoms with Gasteiger partial charge in [-0.3, -0.25) is 4.79 Å². The van der Waals surface area contributed by atoms with E-state index in [9.17, 15) is 43.9 Å². The summed E-state index contributed by atoms with van der Waals surface area (Å²) in [6.07, 6.45) is -12.7. The Morgan fingerprint density at radius 2 is 1.53 bits per heavy atom. The van der Waals surface area contributed by atoms with Gasteiger partial charge in [0.25, 0.3) is 15.9 Å².